The normalized spacial score (nSPS) is 9.88. The van der Waals surface area contributed by atoms with Crippen molar-refractivity contribution in [2.45, 2.75) is 6.54 Å². The van der Waals surface area contributed by atoms with E-state index in [2.05, 4.69) is 22.1 Å². The lowest BCUT2D eigenvalue weighted by atomic mass is 10.2. The van der Waals surface area contributed by atoms with Gasteiger partial charge in [-0.05, 0) is 6.07 Å². The highest BCUT2D eigenvalue weighted by molar-refractivity contribution is 5.41. The molecule has 0 spiro atoms. The van der Waals surface area contributed by atoms with Gasteiger partial charge in [0.25, 0.3) is 0 Å². The molecule has 0 atom stereocenters. The molecule has 0 unspecified atom stereocenters. The first-order valence-corrected chi connectivity index (χ1v) is 5.44. The van der Waals surface area contributed by atoms with Crippen LogP contribution in [0.5, 0.6) is 5.75 Å². The number of para-hydroxylation sites is 1. The summed E-state index contributed by atoms with van der Waals surface area (Å²) in [6, 6.07) is 7.94. The molecule has 1 aromatic heterocycles. The summed E-state index contributed by atoms with van der Waals surface area (Å²) in [5, 5.41) is 9.89. The van der Waals surface area contributed by atoms with E-state index in [4.69, 9.17) is 4.74 Å². The van der Waals surface area contributed by atoms with Crippen LogP contribution in [-0.4, -0.2) is 16.8 Å². The maximum Gasteiger partial charge on any atom is 0.124 e. The zero-order chi connectivity index (χ0) is 11.9. The second-order valence-electron chi connectivity index (χ2n) is 3.55. The summed E-state index contributed by atoms with van der Waals surface area (Å²) in [5.74, 6) is 0.878. The van der Waals surface area contributed by atoms with E-state index in [1.54, 1.807) is 12.3 Å². The number of nitrogens with one attached hydrogen (secondary N) is 2. The van der Waals surface area contributed by atoms with E-state index in [-0.39, 0.29) is 0 Å². The molecular formula is C13H15N3O. The molecule has 2 rings (SSSR count). The maximum absolute atomic E-state index is 5.57. The van der Waals surface area contributed by atoms with E-state index in [1.165, 1.54) is 0 Å². The van der Waals surface area contributed by atoms with Crippen molar-refractivity contribution in [2.24, 2.45) is 0 Å². The molecule has 1 aromatic carbocycles. The average Bonchev–Trinajstić information content (AvgIpc) is 2.88. The Kier molecular flexibility index (Phi) is 3.81. The van der Waals surface area contributed by atoms with Crippen molar-refractivity contribution in [3.8, 4) is 5.75 Å². The third-order valence-corrected chi connectivity index (χ3v) is 2.31. The molecule has 4 heteroatoms. The topological polar surface area (TPSA) is 49.9 Å². The standard InChI is InChI=1S/C13H15N3O/c1-2-7-17-13-6-4-3-5-11(13)8-14-12-9-15-16-10-12/h2-6,9-10,14H,1,7-8H2,(H,15,16). The molecular weight excluding hydrogens is 214 g/mol. The lowest BCUT2D eigenvalue weighted by molar-refractivity contribution is 0.359. The van der Waals surface area contributed by atoms with E-state index in [0.29, 0.717) is 13.2 Å². The number of rotatable bonds is 6. The van der Waals surface area contributed by atoms with Crippen LogP contribution in [-0.2, 0) is 6.54 Å². The molecule has 1 heterocycles. The van der Waals surface area contributed by atoms with Gasteiger partial charge in [-0.2, -0.15) is 5.10 Å². The number of benzene rings is 1. The molecule has 0 aliphatic rings. The summed E-state index contributed by atoms with van der Waals surface area (Å²) in [7, 11) is 0. The molecule has 0 fully saturated rings. The SMILES string of the molecule is C=CCOc1ccccc1CNc1cn[nH]c1. The van der Waals surface area contributed by atoms with Crippen LogP contribution in [0, 0.1) is 0 Å². The minimum absolute atomic E-state index is 0.517. The van der Waals surface area contributed by atoms with Crippen LogP contribution in [0.15, 0.2) is 49.3 Å². The molecule has 2 aromatic rings. The molecule has 0 radical (unpaired) electrons. The molecule has 88 valence electrons. The zero-order valence-corrected chi connectivity index (χ0v) is 9.52. The Hall–Kier alpha value is -2.23. The van der Waals surface area contributed by atoms with Gasteiger partial charge in [-0.25, -0.2) is 0 Å². The summed E-state index contributed by atoms with van der Waals surface area (Å²) in [4.78, 5) is 0. The number of aromatic nitrogens is 2. The lowest BCUT2D eigenvalue weighted by Gasteiger charge is -2.10. The fraction of sp³-hybridized carbons (Fsp3) is 0.154. The van der Waals surface area contributed by atoms with Crippen molar-refractivity contribution in [1.29, 1.82) is 0 Å². The van der Waals surface area contributed by atoms with E-state index in [0.717, 1.165) is 17.0 Å². The predicted molar refractivity (Wildman–Crippen MR) is 68.0 cm³/mol. The van der Waals surface area contributed by atoms with Crippen LogP contribution < -0.4 is 10.1 Å². The Balaban J connectivity index is 2.01. The number of H-pyrrole nitrogens is 1. The van der Waals surface area contributed by atoms with E-state index >= 15 is 0 Å². The third kappa shape index (κ3) is 3.11. The van der Waals surface area contributed by atoms with Gasteiger partial charge >= 0.3 is 0 Å². The minimum Gasteiger partial charge on any atom is -0.489 e. The van der Waals surface area contributed by atoms with Crippen LogP contribution in [0.3, 0.4) is 0 Å². The van der Waals surface area contributed by atoms with E-state index in [9.17, 15) is 0 Å². The first-order chi connectivity index (χ1) is 8.40. The monoisotopic (exact) mass is 229 g/mol. The summed E-state index contributed by atoms with van der Waals surface area (Å²) in [5.41, 5.74) is 2.07. The summed E-state index contributed by atoms with van der Waals surface area (Å²) in [6.07, 6.45) is 5.29. The van der Waals surface area contributed by atoms with Crippen LogP contribution in [0.1, 0.15) is 5.56 Å². The molecule has 0 saturated heterocycles. The molecule has 4 nitrogen and oxygen atoms in total. The Morgan fingerprint density at radius 2 is 2.29 bits per heavy atom. The quantitative estimate of drug-likeness (QED) is 0.748. The predicted octanol–water partition coefficient (Wildman–Crippen LogP) is 2.59. The van der Waals surface area contributed by atoms with Gasteiger partial charge in [0.2, 0.25) is 0 Å². The largest absolute Gasteiger partial charge is 0.489 e. The van der Waals surface area contributed by atoms with Gasteiger partial charge in [0.05, 0.1) is 11.9 Å². The number of anilines is 1. The number of hydrogen-bond acceptors (Lipinski definition) is 3. The molecule has 0 saturated carbocycles. The second-order valence-corrected chi connectivity index (χ2v) is 3.55. The van der Waals surface area contributed by atoms with Crippen molar-refractivity contribution in [3.05, 3.63) is 54.9 Å². The van der Waals surface area contributed by atoms with Crippen molar-refractivity contribution in [2.75, 3.05) is 11.9 Å². The fourth-order valence-electron chi connectivity index (χ4n) is 1.48. The van der Waals surface area contributed by atoms with Gasteiger partial charge in [0.15, 0.2) is 0 Å². The van der Waals surface area contributed by atoms with Gasteiger partial charge in [0.1, 0.15) is 12.4 Å². The van der Waals surface area contributed by atoms with E-state index in [1.807, 2.05) is 30.5 Å². The highest BCUT2D eigenvalue weighted by atomic mass is 16.5. The summed E-state index contributed by atoms with van der Waals surface area (Å²) < 4.78 is 5.57. The smallest absolute Gasteiger partial charge is 0.124 e. The molecule has 17 heavy (non-hydrogen) atoms. The van der Waals surface area contributed by atoms with Gasteiger partial charge in [-0.3, -0.25) is 5.10 Å². The fourth-order valence-corrected chi connectivity index (χ4v) is 1.48. The third-order valence-electron chi connectivity index (χ3n) is 2.31. The highest BCUT2D eigenvalue weighted by Gasteiger charge is 2.02. The summed E-state index contributed by atoms with van der Waals surface area (Å²) in [6.45, 7) is 4.86. The number of aromatic amines is 1. The zero-order valence-electron chi connectivity index (χ0n) is 9.52. The first kappa shape index (κ1) is 11.3. The van der Waals surface area contributed by atoms with Gasteiger partial charge in [-0.15, -0.1) is 0 Å². The van der Waals surface area contributed by atoms with Crippen LogP contribution in [0.25, 0.3) is 0 Å². The van der Waals surface area contributed by atoms with Gasteiger partial charge in [-0.1, -0.05) is 30.9 Å². The van der Waals surface area contributed by atoms with Crippen molar-refractivity contribution in [1.82, 2.24) is 10.2 Å². The Morgan fingerprint density at radius 3 is 3.06 bits per heavy atom. The van der Waals surface area contributed by atoms with E-state index < -0.39 is 0 Å². The van der Waals surface area contributed by atoms with Crippen molar-refractivity contribution in [3.63, 3.8) is 0 Å². The molecule has 0 aliphatic carbocycles. The first-order valence-electron chi connectivity index (χ1n) is 5.44. The average molecular weight is 229 g/mol. The Bertz CT molecular complexity index is 465. The van der Waals surface area contributed by atoms with Gasteiger partial charge in [0, 0.05) is 18.3 Å². The summed E-state index contributed by atoms with van der Waals surface area (Å²) >= 11 is 0. The van der Waals surface area contributed by atoms with Crippen molar-refractivity contribution < 1.29 is 4.74 Å². The highest BCUT2D eigenvalue weighted by Crippen LogP contribution is 2.19. The number of nitrogens with zero attached hydrogens (tertiary/aromatic N) is 1. The van der Waals surface area contributed by atoms with Gasteiger partial charge < -0.3 is 10.1 Å². The minimum atomic E-state index is 0.517. The van der Waals surface area contributed by atoms with Crippen LogP contribution in [0.2, 0.25) is 0 Å². The number of ether oxygens (including phenoxy) is 1. The maximum atomic E-state index is 5.57. The Morgan fingerprint density at radius 1 is 1.41 bits per heavy atom. The molecule has 0 bridgehead atoms. The lowest BCUT2D eigenvalue weighted by Crippen LogP contribution is -2.02. The molecule has 0 aliphatic heterocycles. The number of hydrogen-bond donors (Lipinski definition) is 2. The molecule has 0 amide bonds. The second kappa shape index (κ2) is 5.75. The molecule has 2 N–H and O–H groups in total. The van der Waals surface area contributed by atoms with Crippen LogP contribution >= 0.6 is 0 Å². The van der Waals surface area contributed by atoms with Crippen molar-refractivity contribution >= 4 is 5.69 Å². The Labute approximate surface area is 100 Å². The van der Waals surface area contributed by atoms with Crippen LogP contribution in [0.4, 0.5) is 5.69 Å².